The van der Waals surface area contributed by atoms with Crippen molar-refractivity contribution in [1.29, 1.82) is 0 Å². The maximum absolute atomic E-state index is 13.2. The maximum Gasteiger partial charge on any atom is 0.249 e. The van der Waals surface area contributed by atoms with Gasteiger partial charge in [-0.2, -0.15) is 0 Å². The average Bonchev–Trinajstić information content (AvgIpc) is 3.38. The fourth-order valence-electron chi connectivity index (χ4n) is 9.97. The van der Waals surface area contributed by atoms with Crippen LogP contribution >= 0.6 is 0 Å². The topological polar surface area (TPSA) is 189 Å². The number of hydrogen-bond acceptors (Lipinski definition) is 10. The Bertz CT molecular complexity index is 1220. The molecule has 0 saturated carbocycles. The maximum atomic E-state index is 13.2. The Morgan fingerprint density at radius 1 is 0.472 bits per heavy atom. The lowest BCUT2D eigenvalue weighted by molar-refractivity contribution is -0.303. The molecule has 1 aliphatic heterocycles. The molecule has 1 heterocycles. The Balaban J connectivity index is 2.28. The number of carbonyl (C=O) groups excluding carboxylic acids is 1. The molecule has 0 aromatic heterocycles. The molecule has 0 radical (unpaired) electrons. The summed E-state index contributed by atoms with van der Waals surface area (Å²) in [6.45, 7) is 3.48. The molecule has 1 saturated heterocycles. The van der Waals surface area contributed by atoms with Crippen LogP contribution < -0.4 is 5.32 Å². The molecule has 0 spiro atoms. The number of unbranched alkanes of at least 4 members (excludes halogenated alkanes) is 37. The Morgan fingerprint density at radius 3 is 1.19 bits per heavy atom. The molecule has 11 heteroatoms. The smallest absolute Gasteiger partial charge is 0.249 e. The average molecular weight is 1020 g/mol. The van der Waals surface area contributed by atoms with Crippen molar-refractivity contribution in [2.75, 3.05) is 13.2 Å². The number of aliphatic hydroxyl groups is 7. The van der Waals surface area contributed by atoms with Crippen LogP contribution in [0.2, 0.25) is 0 Å². The van der Waals surface area contributed by atoms with E-state index in [1.807, 2.05) is 0 Å². The van der Waals surface area contributed by atoms with E-state index in [9.17, 15) is 40.5 Å². The molecule has 1 fully saturated rings. The molecule has 0 aromatic carbocycles. The van der Waals surface area contributed by atoms with Crippen molar-refractivity contribution in [1.82, 2.24) is 5.32 Å². The van der Waals surface area contributed by atoms with Crippen molar-refractivity contribution >= 4 is 5.91 Å². The quantitative estimate of drug-likeness (QED) is 0.0215. The summed E-state index contributed by atoms with van der Waals surface area (Å²) in [5, 5.41) is 76.2. The molecular formula is C61H117NO10. The van der Waals surface area contributed by atoms with Gasteiger partial charge < -0.3 is 50.5 Å². The number of carbonyl (C=O) groups is 1. The van der Waals surface area contributed by atoms with Crippen LogP contribution in [0.4, 0.5) is 0 Å². The minimum Gasteiger partial charge on any atom is -0.394 e. The zero-order valence-electron chi connectivity index (χ0n) is 46.7. The molecular weight excluding hydrogens is 907 g/mol. The van der Waals surface area contributed by atoms with E-state index >= 15 is 0 Å². The minimum absolute atomic E-state index is 0.254. The van der Waals surface area contributed by atoms with E-state index in [0.29, 0.717) is 12.8 Å². The minimum atomic E-state index is -1.67. The second-order valence-electron chi connectivity index (χ2n) is 21.8. The molecule has 1 rings (SSSR count). The van der Waals surface area contributed by atoms with Crippen molar-refractivity contribution in [3.63, 3.8) is 0 Å². The van der Waals surface area contributed by atoms with Crippen molar-refractivity contribution in [3.8, 4) is 0 Å². The zero-order valence-corrected chi connectivity index (χ0v) is 46.7. The fourth-order valence-corrected chi connectivity index (χ4v) is 9.97. The molecule has 11 nitrogen and oxygen atoms in total. The van der Waals surface area contributed by atoms with Gasteiger partial charge in [-0.3, -0.25) is 4.79 Å². The first kappa shape index (κ1) is 68.6. The lowest BCUT2D eigenvalue weighted by Crippen LogP contribution is -2.60. The van der Waals surface area contributed by atoms with Crippen molar-refractivity contribution in [3.05, 3.63) is 24.3 Å². The van der Waals surface area contributed by atoms with Gasteiger partial charge in [-0.1, -0.05) is 250 Å². The van der Waals surface area contributed by atoms with Gasteiger partial charge in [0.15, 0.2) is 6.29 Å². The molecule has 72 heavy (non-hydrogen) atoms. The highest BCUT2D eigenvalue weighted by atomic mass is 16.7. The van der Waals surface area contributed by atoms with E-state index in [1.54, 1.807) is 0 Å². The molecule has 8 N–H and O–H groups in total. The molecule has 0 aliphatic carbocycles. The third-order valence-corrected chi connectivity index (χ3v) is 15.0. The standard InChI is InChI=1S/C61H117NO10/c1-3-5-7-9-11-13-15-17-19-21-23-24-25-26-27-28-29-31-33-35-37-39-41-43-45-47-49-54(65)60(70)62-52(51-71-61-59(69)58(68)57(67)55(50-63)72-61)56(66)53(64)48-46-44-42-40-38-36-34-32-30-22-20-18-16-14-12-10-8-6-4-2/h26-27,40,42,52-59,61,63-69H,3-25,28-39,41,43-51H2,1-2H3,(H,62,70)/b27-26-,42-40+. The summed E-state index contributed by atoms with van der Waals surface area (Å²) >= 11 is 0. The number of rotatable bonds is 53. The summed E-state index contributed by atoms with van der Waals surface area (Å²) in [7, 11) is 0. The van der Waals surface area contributed by atoms with Gasteiger partial charge in [-0.15, -0.1) is 0 Å². The zero-order chi connectivity index (χ0) is 52.5. The predicted octanol–water partition coefficient (Wildman–Crippen LogP) is 13.3. The molecule has 426 valence electrons. The van der Waals surface area contributed by atoms with Gasteiger partial charge in [0, 0.05) is 0 Å². The first-order chi connectivity index (χ1) is 35.2. The van der Waals surface area contributed by atoms with Crippen LogP contribution in [0, 0.1) is 0 Å². The van der Waals surface area contributed by atoms with E-state index in [0.717, 1.165) is 38.5 Å². The van der Waals surface area contributed by atoms with Gasteiger partial charge in [0.1, 0.15) is 36.6 Å². The van der Waals surface area contributed by atoms with Gasteiger partial charge in [-0.25, -0.2) is 0 Å². The van der Waals surface area contributed by atoms with E-state index in [4.69, 9.17) is 9.47 Å². The van der Waals surface area contributed by atoms with Gasteiger partial charge in [0.05, 0.1) is 25.4 Å². The van der Waals surface area contributed by atoms with Crippen LogP contribution in [-0.2, 0) is 14.3 Å². The number of allylic oxidation sites excluding steroid dienone is 4. The number of hydrogen-bond donors (Lipinski definition) is 8. The predicted molar refractivity (Wildman–Crippen MR) is 298 cm³/mol. The van der Waals surface area contributed by atoms with Crippen molar-refractivity contribution < 1.29 is 50.0 Å². The summed E-state index contributed by atoms with van der Waals surface area (Å²) in [6.07, 6.45) is 49.5. The summed E-state index contributed by atoms with van der Waals surface area (Å²) in [5.41, 5.74) is 0. The van der Waals surface area contributed by atoms with E-state index < -0.39 is 74.2 Å². The van der Waals surface area contributed by atoms with E-state index in [2.05, 4.69) is 43.5 Å². The van der Waals surface area contributed by atoms with Crippen LogP contribution in [0.3, 0.4) is 0 Å². The largest absolute Gasteiger partial charge is 0.394 e. The third kappa shape index (κ3) is 38.2. The van der Waals surface area contributed by atoms with Crippen molar-refractivity contribution in [2.45, 2.75) is 345 Å². The van der Waals surface area contributed by atoms with Crippen LogP contribution in [0.15, 0.2) is 24.3 Å². The van der Waals surface area contributed by atoms with Gasteiger partial charge in [0.25, 0.3) is 0 Å². The number of ether oxygens (including phenoxy) is 2. The molecule has 9 atom stereocenters. The molecule has 1 amide bonds. The summed E-state index contributed by atoms with van der Waals surface area (Å²) in [6, 6.07) is -1.18. The van der Waals surface area contributed by atoms with E-state index in [-0.39, 0.29) is 12.8 Å². The Labute approximate surface area is 442 Å². The van der Waals surface area contributed by atoms with Gasteiger partial charge in [-0.05, 0) is 64.2 Å². The number of amides is 1. The summed E-state index contributed by atoms with van der Waals surface area (Å²) in [5.74, 6) is -0.704. The Hall–Kier alpha value is -1.41. The Morgan fingerprint density at radius 2 is 0.819 bits per heavy atom. The Kier molecular flexibility index (Phi) is 48.0. The summed E-state index contributed by atoms with van der Waals surface area (Å²) < 4.78 is 11.1. The van der Waals surface area contributed by atoms with Crippen LogP contribution in [0.5, 0.6) is 0 Å². The normalized spacial score (nSPS) is 20.2. The van der Waals surface area contributed by atoms with Crippen molar-refractivity contribution in [2.24, 2.45) is 0 Å². The first-order valence-electron chi connectivity index (χ1n) is 30.7. The van der Waals surface area contributed by atoms with Crippen LogP contribution in [-0.4, -0.2) is 110 Å². The van der Waals surface area contributed by atoms with Crippen LogP contribution in [0.25, 0.3) is 0 Å². The summed E-state index contributed by atoms with van der Waals surface area (Å²) in [4.78, 5) is 13.2. The molecule has 0 aromatic rings. The fraction of sp³-hybridized carbons (Fsp3) is 0.918. The number of nitrogens with one attached hydrogen (secondary N) is 1. The lowest BCUT2D eigenvalue weighted by Gasteiger charge is -2.40. The monoisotopic (exact) mass is 1020 g/mol. The van der Waals surface area contributed by atoms with E-state index in [1.165, 1.54) is 212 Å². The third-order valence-electron chi connectivity index (χ3n) is 15.0. The SMILES string of the molecule is CCCCCCCCCCCCCC/C=C\CCCCCCCCCCCCC(O)C(=O)NC(COC1OC(CO)C(O)C(O)C1O)C(O)C(O)CCC/C=C/CCCCCCCCCCCCCCCC. The second kappa shape index (κ2) is 50.4. The second-order valence-corrected chi connectivity index (χ2v) is 21.8. The first-order valence-corrected chi connectivity index (χ1v) is 30.7. The highest BCUT2D eigenvalue weighted by molar-refractivity contribution is 5.80. The van der Waals surface area contributed by atoms with Gasteiger partial charge >= 0.3 is 0 Å². The van der Waals surface area contributed by atoms with Gasteiger partial charge in [0.2, 0.25) is 5.91 Å². The number of aliphatic hydroxyl groups excluding tert-OH is 7. The molecule has 0 bridgehead atoms. The molecule has 9 unspecified atom stereocenters. The highest BCUT2D eigenvalue weighted by Gasteiger charge is 2.44. The lowest BCUT2D eigenvalue weighted by atomic mass is 9.98. The highest BCUT2D eigenvalue weighted by Crippen LogP contribution is 2.23. The van der Waals surface area contributed by atoms with Crippen LogP contribution in [0.1, 0.15) is 290 Å². The molecule has 1 aliphatic rings.